The van der Waals surface area contributed by atoms with Gasteiger partial charge in [0.15, 0.2) is 5.65 Å². The van der Waals surface area contributed by atoms with E-state index in [9.17, 15) is 0 Å². The molecule has 16 heavy (non-hydrogen) atoms. The van der Waals surface area contributed by atoms with E-state index in [4.69, 9.17) is 0 Å². The van der Waals surface area contributed by atoms with Crippen molar-refractivity contribution < 1.29 is 0 Å². The summed E-state index contributed by atoms with van der Waals surface area (Å²) in [5.41, 5.74) is 2.94. The van der Waals surface area contributed by atoms with Crippen LogP contribution < -0.4 is 0 Å². The molecular weight excluding hydrogens is 204 g/mol. The first kappa shape index (κ1) is 8.90. The average molecular weight is 212 g/mol. The van der Waals surface area contributed by atoms with Crippen molar-refractivity contribution in [2.45, 2.75) is 0 Å². The summed E-state index contributed by atoms with van der Waals surface area (Å²) in [6.45, 7) is 0. The van der Waals surface area contributed by atoms with Crippen molar-refractivity contribution in [1.29, 1.82) is 0 Å². The first-order valence-corrected chi connectivity index (χ1v) is 4.74. The Labute approximate surface area is 91.1 Å². The first-order valence-electron chi connectivity index (χ1n) is 4.74. The Kier molecular flexibility index (Phi) is 1.86. The molecule has 3 aromatic heterocycles. The molecule has 0 aromatic carbocycles. The fourth-order valence-corrected chi connectivity index (χ4v) is 1.55. The first-order chi connectivity index (χ1) is 7.86. The quantitative estimate of drug-likeness (QED) is 0.597. The summed E-state index contributed by atoms with van der Waals surface area (Å²) in [6, 6.07) is 0. The molecule has 0 fully saturated rings. The van der Waals surface area contributed by atoms with Crippen LogP contribution in [0.4, 0.5) is 0 Å². The third kappa shape index (κ3) is 1.23. The van der Waals surface area contributed by atoms with Crippen LogP contribution in [0.1, 0.15) is 0 Å². The highest BCUT2D eigenvalue weighted by Gasteiger charge is 2.10. The molecule has 0 bridgehead atoms. The fourth-order valence-electron chi connectivity index (χ4n) is 1.55. The van der Waals surface area contributed by atoms with Crippen molar-refractivity contribution in [2.75, 3.05) is 0 Å². The lowest BCUT2D eigenvalue weighted by molar-refractivity contribution is 0.928. The minimum atomic E-state index is 0.702. The number of imidazole rings is 1. The monoisotopic (exact) mass is 212 g/mol. The minimum absolute atomic E-state index is 0.702. The number of aromatic nitrogens is 6. The van der Waals surface area contributed by atoms with Crippen LogP contribution in [-0.2, 0) is 7.05 Å². The Balaban J connectivity index is 2.32. The zero-order valence-corrected chi connectivity index (χ0v) is 8.57. The Morgan fingerprint density at radius 1 is 1.06 bits per heavy atom. The molecule has 0 aliphatic heterocycles. The van der Waals surface area contributed by atoms with E-state index in [-0.39, 0.29) is 0 Å². The molecule has 0 unspecified atom stereocenters. The van der Waals surface area contributed by atoms with Crippen LogP contribution in [-0.4, -0.2) is 29.5 Å². The second-order valence-electron chi connectivity index (χ2n) is 3.34. The van der Waals surface area contributed by atoms with E-state index in [1.807, 2.05) is 11.6 Å². The van der Waals surface area contributed by atoms with Crippen molar-refractivity contribution in [3.05, 3.63) is 31.2 Å². The van der Waals surface area contributed by atoms with Crippen molar-refractivity contribution >= 4 is 11.2 Å². The van der Waals surface area contributed by atoms with Crippen LogP contribution in [0, 0.1) is 0 Å². The summed E-state index contributed by atoms with van der Waals surface area (Å²) in [5.74, 6) is 0. The van der Waals surface area contributed by atoms with Gasteiger partial charge in [-0.15, -0.1) is 0 Å². The number of nitrogens with zero attached hydrogens (tertiary/aromatic N) is 6. The Bertz CT molecular complexity index is 630. The van der Waals surface area contributed by atoms with Gasteiger partial charge in [-0.1, -0.05) is 0 Å². The summed E-state index contributed by atoms with van der Waals surface area (Å²) in [6.07, 6.45) is 8.14. The number of aryl methyl sites for hydroxylation is 1. The summed E-state index contributed by atoms with van der Waals surface area (Å²) >= 11 is 0. The number of hydrogen-bond donors (Lipinski definition) is 0. The molecule has 0 amide bonds. The van der Waals surface area contributed by atoms with Gasteiger partial charge in [0.05, 0.1) is 12.5 Å². The molecular formula is C10H8N6. The van der Waals surface area contributed by atoms with Crippen LogP contribution in [0.3, 0.4) is 0 Å². The van der Waals surface area contributed by atoms with E-state index in [2.05, 4.69) is 24.9 Å². The van der Waals surface area contributed by atoms with Crippen LogP contribution in [0.15, 0.2) is 31.2 Å². The van der Waals surface area contributed by atoms with Gasteiger partial charge in [-0.3, -0.25) is 9.97 Å². The highest BCUT2D eigenvalue weighted by molar-refractivity contribution is 5.85. The zero-order valence-electron chi connectivity index (χ0n) is 8.57. The standard InChI is InChI=1S/C10H8N6/c1-16-6-15-9-8(13-5-14-10(9)16)7-4-11-2-3-12-7/h2-6H,1H3. The molecule has 0 saturated heterocycles. The molecule has 3 aromatic rings. The van der Waals surface area contributed by atoms with Crippen molar-refractivity contribution in [3.63, 3.8) is 0 Å². The third-order valence-electron chi connectivity index (χ3n) is 2.30. The van der Waals surface area contributed by atoms with Crippen molar-refractivity contribution in [1.82, 2.24) is 29.5 Å². The van der Waals surface area contributed by atoms with E-state index < -0.39 is 0 Å². The Morgan fingerprint density at radius 2 is 2.00 bits per heavy atom. The maximum absolute atomic E-state index is 4.26. The summed E-state index contributed by atoms with van der Waals surface area (Å²) in [5, 5.41) is 0. The predicted molar refractivity (Wildman–Crippen MR) is 57.3 cm³/mol. The lowest BCUT2D eigenvalue weighted by Gasteiger charge is -1.99. The van der Waals surface area contributed by atoms with Crippen molar-refractivity contribution in [2.24, 2.45) is 7.05 Å². The number of rotatable bonds is 1. The number of fused-ring (bicyclic) bond motifs is 1. The topological polar surface area (TPSA) is 69.4 Å². The van der Waals surface area contributed by atoms with Gasteiger partial charge in [0, 0.05) is 19.4 Å². The van der Waals surface area contributed by atoms with Gasteiger partial charge in [0.2, 0.25) is 0 Å². The molecule has 0 spiro atoms. The van der Waals surface area contributed by atoms with E-state index >= 15 is 0 Å². The fraction of sp³-hybridized carbons (Fsp3) is 0.100. The molecule has 0 N–H and O–H groups in total. The highest BCUT2D eigenvalue weighted by atomic mass is 15.1. The maximum Gasteiger partial charge on any atom is 0.163 e. The minimum Gasteiger partial charge on any atom is -0.318 e. The molecule has 78 valence electrons. The van der Waals surface area contributed by atoms with Crippen LogP contribution in [0.5, 0.6) is 0 Å². The third-order valence-corrected chi connectivity index (χ3v) is 2.30. The van der Waals surface area contributed by atoms with Crippen LogP contribution in [0.25, 0.3) is 22.6 Å². The second-order valence-corrected chi connectivity index (χ2v) is 3.34. The lowest BCUT2D eigenvalue weighted by atomic mass is 10.3. The zero-order chi connectivity index (χ0) is 11.0. The molecule has 3 heterocycles. The summed E-state index contributed by atoms with van der Waals surface area (Å²) < 4.78 is 1.84. The number of hydrogen-bond acceptors (Lipinski definition) is 5. The smallest absolute Gasteiger partial charge is 0.163 e. The van der Waals surface area contributed by atoms with Gasteiger partial charge < -0.3 is 4.57 Å². The predicted octanol–water partition coefficient (Wildman–Crippen LogP) is 0.820. The summed E-state index contributed by atoms with van der Waals surface area (Å²) in [7, 11) is 1.89. The highest BCUT2D eigenvalue weighted by Crippen LogP contribution is 2.20. The van der Waals surface area contributed by atoms with Gasteiger partial charge in [0.1, 0.15) is 23.2 Å². The SMILES string of the molecule is Cn1cnc2c(-c3cnccn3)ncnc21. The molecule has 6 nitrogen and oxygen atoms in total. The van der Waals surface area contributed by atoms with E-state index in [0.29, 0.717) is 11.4 Å². The van der Waals surface area contributed by atoms with E-state index in [0.717, 1.165) is 11.2 Å². The lowest BCUT2D eigenvalue weighted by Crippen LogP contribution is -1.93. The van der Waals surface area contributed by atoms with Gasteiger partial charge in [-0.2, -0.15) is 0 Å². The van der Waals surface area contributed by atoms with Crippen LogP contribution in [0.2, 0.25) is 0 Å². The molecule has 0 aliphatic rings. The Morgan fingerprint density at radius 3 is 2.81 bits per heavy atom. The average Bonchev–Trinajstić information content (AvgIpc) is 2.73. The second kappa shape index (κ2) is 3.34. The van der Waals surface area contributed by atoms with E-state index in [1.165, 1.54) is 6.33 Å². The summed E-state index contributed by atoms with van der Waals surface area (Å²) in [4.78, 5) is 20.9. The van der Waals surface area contributed by atoms with Gasteiger partial charge >= 0.3 is 0 Å². The molecule has 0 aliphatic carbocycles. The van der Waals surface area contributed by atoms with Crippen molar-refractivity contribution in [3.8, 4) is 11.4 Å². The normalized spacial score (nSPS) is 10.8. The molecule has 3 rings (SSSR count). The molecule has 6 heteroatoms. The maximum atomic E-state index is 4.26. The Hall–Kier alpha value is -2.37. The van der Waals surface area contributed by atoms with E-state index in [1.54, 1.807) is 24.9 Å². The molecule has 0 atom stereocenters. The van der Waals surface area contributed by atoms with Gasteiger partial charge in [-0.25, -0.2) is 15.0 Å². The molecule has 0 saturated carbocycles. The largest absolute Gasteiger partial charge is 0.318 e. The van der Waals surface area contributed by atoms with Crippen LogP contribution >= 0.6 is 0 Å². The molecule has 0 radical (unpaired) electrons. The van der Waals surface area contributed by atoms with Gasteiger partial charge in [-0.05, 0) is 0 Å². The van der Waals surface area contributed by atoms with Gasteiger partial charge in [0.25, 0.3) is 0 Å².